The molecule has 7 heteroatoms. The molecule has 1 heterocycles. The molecule has 2 atom stereocenters. The van der Waals surface area contributed by atoms with Crippen LogP contribution in [0.25, 0.3) is 0 Å². The highest BCUT2D eigenvalue weighted by Gasteiger charge is 2.16. The van der Waals surface area contributed by atoms with Gasteiger partial charge < -0.3 is 16.2 Å². The SMILES string of the molecule is CCCC=C[C@H](CC(C)C)NC(=O)n1cnc(C[C@H](N)C(=O)O)c1. The average Bonchev–Trinajstić information content (AvgIpc) is 2.95. The monoisotopic (exact) mass is 336 g/mol. The van der Waals surface area contributed by atoms with Gasteiger partial charge in [0.15, 0.2) is 0 Å². The summed E-state index contributed by atoms with van der Waals surface area (Å²) in [6.07, 6.45) is 9.97. The van der Waals surface area contributed by atoms with Crippen molar-refractivity contribution in [1.82, 2.24) is 14.9 Å². The van der Waals surface area contributed by atoms with Crippen molar-refractivity contribution >= 4 is 12.0 Å². The van der Waals surface area contributed by atoms with Crippen molar-refractivity contribution in [2.75, 3.05) is 0 Å². The van der Waals surface area contributed by atoms with E-state index in [9.17, 15) is 9.59 Å². The van der Waals surface area contributed by atoms with Crippen molar-refractivity contribution in [2.24, 2.45) is 11.7 Å². The Labute approximate surface area is 142 Å². The maximum absolute atomic E-state index is 12.3. The quantitative estimate of drug-likeness (QED) is 0.599. The topological polar surface area (TPSA) is 110 Å². The summed E-state index contributed by atoms with van der Waals surface area (Å²) in [5, 5.41) is 11.8. The van der Waals surface area contributed by atoms with E-state index in [0.717, 1.165) is 19.3 Å². The highest BCUT2D eigenvalue weighted by Crippen LogP contribution is 2.08. The molecule has 1 aromatic heterocycles. The Morgan fingerprint density at radius 3 is 2.75 bits per heavy atom. The summed E-state index contributed by atoms with van der Waals surface area (Å²) in [4.78, 5) is 27.1. The minimum absolute atomic E-state index is 0.0452. The van der Waals surface area contributed by atoms with Crippen LogP contribution in [0, 0.1) is 5.92 Å². The molecule has 0 aliphatic heterocycles. The molecule has 134 valence electrons. The van der Waals surface area contributed by atoms with Gasteiger partial charge in [0.2, 0.25) is 0 Å². The standard InChI is InChI=1S/C17H28N4O3/c1-4-5-6-7-13(8-12(2)3)20-17(24)21-10-14(19-11-21)9-15(18)16(22)23/h6-7,10-13,15H,4-5,8-9,18H2,1-3H3,(H,20,24)(H,22,23)/t13-,15+/m1/s1. The number of nitrogens with one attached hydrogen (secondary N) is 1. The molecule has 24 heavy (non-hydrogen) atoms. The molecule has 0 saturated heterocycles. The smallest absolute Gasteiger partial charge is 0.327 e. The van der Waals surface area contributed by atoms with Gasteiger partial charge in [0.1, 0.15) is 12.4 Å². The fraction of sp³-hybridized carbons (Fsp3) is 0.588. The molecule has 0 unspecified atom stereocenters. The van der Waals surface area contributed by atoms with E-state index in [1.54, 1.807) is 0 Å². The number of nitrogens with zero attached hydrogens (tertiary/aromatic N) is 2. The van der Waals surface area contributed by atoms with Crippen molar-refractivity contribution in [3.05, 3.63) is 30.4 Å². The number of imidazole rings is 1. The summed E-state index contributed by atoms with van der Waals surface area (Å²) in [5.41, 5.74) is 5.95. The van der Waals surface area contributed by atoms with E-state index < -0.39 is 12.0 Å². The van der Waals surface area contributed by atoms with Gasteiger partial charge >= 0.3 is 12.0 Å². The summed E-state index contributed by atoms with van der Waals surface area (Å²) in [6, 6.07) is -1.36. The predicted octanol–water partition coefficient (Wildman–Crippen LogP) is 2.17. The van der Waals surface area contributed by atoms with E-state index in [2.05, 4.69) is 37.1 Å². The predicted molar refractivity (Wildman–Crippen MR) is 92.8 cm³/mol. The van der Waals surface area contributed by atoms with Crippen LogP contribution in [0.2, 0.25) is 0 Å². The lowest BCUT2D eigenvalue weighted by Crippen LogP contribution is -2.37. The second-order valence-corrected chi connectivity index (χ2v) is 6.32. The van der Waals surface area contributed by atoms with E-state index in [1.165, 1.54) is 17.1 Å². The van der Waals surface area contributed by atoms with Crippen LogP contribution in [-0.4, -0.2) is 38.7 Å². The zero-order chi connectivity index (χ0) is 18.1. The van der Waals surface area contributed by atoms with Crippen LogP contribution in [0.3, 0.4) is 0 Å². The van der Waals surface area contributed by atoms with Crippen molar-refractivity contribution in [1.29, 1.82) is 0 Å². The molecule has 7 nitrogen and oxygen atoms in total. The van der Waals surface area contributed by atoms with Crippen LogP contribution in [-0.2, 0) is 11.2 Å². The highest BCUT2D eigenvalue weighted by atomic mass is 16.4. The van der Waals surface area contributed by atoms with E-state index in [1.807, 2.05) is 6.08 Å². The first-order valence-corrected chi connectivity index (χ1v) is 8.32. The number of carbonyl (C=O) groups excluding carboxylic acids is 1. The van der Waals surface area contributed by atoms with Crippen LogP contribution in [0.4, 0.5) is 4.79 Å². The van der Waals surface area contributed by atoms with Crippen molar-refractivity contribution in [3.8, 4) is 0 Å². The molecule has 0 aromatic carbocycles. The molecule has 4 N–H and O–H groups in total. The lowest BCUT2D eigenvalue weighted by Gasteiger charge is -2.17. The first-order chi connectivity index (χ1) is 11.3. The van der Waals surface area contributed by atoms with Crippen LogP contribution >= 0.6 is 0 Å². The second kappa shape index (κ2) is 9.87. The van der Waals surface area contributed by atoms with Gasteiger partial charge in [-0.1, -0.05) is 39.3 Å². The summed E-state index contributed by atoms with van der Waals surface area (Å²) >= 11 is 0. The third-order valence-electron chi connectivity index (χ3n) is 3.47. The fourth-order valence-electron chi connectivity index (χ4n) is 2.25. The van der Waals surface area contributed by atoms with E-state index in [4.69, 9.17) is 10.8 Å². The van der Waals surface area contributed by atoms with Crippen LogP contribution in [0.5, 0.6) is 0 Å². The average molecular weight is 336 g/mol. The number of aromatic nitrogens is 2. The number of carboxylic acids is 1. The molecule has 1 amide bonds. The van der Waals surface area contributed by atoms with Crippen LogP contribution in [0.1, 0.15) is 45.7 Å². The Morgan fingerprint density at radius 1 is 1.46 bits per heavy atom. The number of rotatable bonds is 9. The summed E-state index contributed by atoms with van der Waals surface area (Å²) in [7, 11) is 0. The molecule has 0 saturated carbocycles. The normalized spacial score (nSPS) is 14.0. The molecule has 0 bridgehead atoms. The minimum atomic E-state index is -1.09. The Bertz CT molecular complexity index is 566. The number of aliphatic carboxylic acids is 1. The maximum atomic E-state index is 12.3. The molecule has 0 aliphatic rings. The van der Waals surface area contributed by atoms with E-state index in [0.29, 0.717) is 11.6 Å². The van der Waals surface area contributed by atoms with Gasteiger partial charge in [-0.3, -0.25) is 9.36 Å². The lowest BCUT2D eigenvalue weighted by molar-refractivity contribution is -0.138. The largest absolute Gasteiger partial charge is 0.480 e. The summed E-state index contributed by atoms with van der Waals surface area (Å²) in [5.74, 6) is -0.638. The zero-order valence-electron chi connectivity index (χ0n) is 14.6. The number of unbranched alkanes of at least 4 members (excludes halogenated alkanes) is 1. The number of amides is 1. The number of allylic oxidation sites excluding steroid dienone is 1. The molecule has 1 rings (SSSR count). The number of carbonyl (C=O) groups is 2. The Balaban J connectivity index is 2.70. The molecule has 0 radical (unpaired) electrons. The number of carboxylic acid groups (broad SMARTS) is 1. The van der Waals surface area contributed by atoms with Gasteiger partial charge in [-0.2, -0.15) is 0 Å². The fourth-order valence-corrected chi connectivity index (χ4v) is 2.25. The number of hydrogen-bond donors (Lipinski definition) is 3. The Hall–Kier alpha value is -2.15. The zero-order valence-corrected chi connectivity index (χ0v) is 14.6. The molecule has 0 aliphatic carbocycles. The molecule has 1 aromatic rings. The van der Waals surface area contributed by atoms with Gasteiger partial charge in [0, 0.05) is 18.7 Å². The summed E-state index contributed by atoms with van der Waals surface area (Å²) < 4.78 is 1.32. The van der Waals surface area contributed by atoms with Gasteiger partial charge in [0.25, 0.3) is 0 Å². The van der Waals surface area contributed by atoms with Crippen molar-refractivity contribution in [2.45, 2.75) is 58.5 Å². The molecule has 0 fully saturated rings. The molecule has 0 spiro atoms. The lowest BCUT2D eigenvalue weighted by atomic mass is 10.0. The van der Waals surface area contributed by atoms with Crippen LogP contribution in [0.15, 0.2) is 24.7 Å². The van der Waals surface area contributed by atoms with Gasteiger partial charge in [-0.25, -0.2) is 9.78 Å². The van der Waals surface area contributed by atoms with E-state index in [-0.39, 0.29) is 18.5 Å². The Morgan fingerprint density at radius 2 is 2.17 bits per heavy atom. The van der Waals surface area contributed by atoms with E-state index >= 15 is 0 Å². The van der Waals surface area contributed by atoms with Crippen molar-refractivity contribution in [3.63, 3.8) is 0 Å². The third kappa shape index (κ3) is 6.95. The highest BCUT2D eigenvalue weighted by molar-refractivity contribution is 5.77. The minimum Gasteiger partial charge on any atom is -0.480 e. The first kappa shape index (κ1) is 19.9. The Kier molecular flexibility index (Phi) is 8.18. The molecular weight excluding hydrogens is 308 g/mol. The first-order valence-electron chi connectivity index (χ1n) is 8.32. The maximum Gasteiger partial charge on any atom is 0.327 e. The summed E-state index contributed by atoms with van der Waals surface area (Å²) in [6.45, 7) is 6.32. The van der Waals surface area contributed by atoms with Gasteiger partial charge in [-0.05, 0) is 18.8 Å². The van der Waals surface area contributed by atoms with Gasteiger partial charge in [-0.15, -0.1) is 0 Å². The van der Waals surface area contributed by atoms with Gasteiger partial charge in [0.05, 0.1) is 5.69 Å². The molecular formula is C17H28N4O3. The second-order valence-electron chi connectivity index (χ2n) is 6.32. The third-order valence-corrected chi connectivity index (χ3v) is 3.47. The van der Waals surface area contributed by atoms with Crippen LogP contribution < -0.4 is 11.1 Å². The number of hydrogen-bond acceptors (Lipinski definition) is 4. The van der Waals surface area contributed by atoms with Crippen molar-refractivity contribution < 1.29 is 14.7 Å². The number of nitrogens with two attached hydrogens (primary N) is 1.